The van der Waals surface area contributed by atoms with Crippen molar-refractivity contribution in [3.8, 4) is 0 Å². The van der Waals surface area contributed by atoms with Crippen molar-refractivity contribution in [2.45, 2.75) is 84.1 Å². The first-order chi connectivity index (χ1) is 23.2. The van der Waals surface area contributed by atoms with Crippen LogP contribution in [0.1, 0.15) is 65.5 Å². The fraction of sp³-hybridized carbons (Fsp3) is 0.421. The molecule has 0 saturated carbocycles. The van der Waals surface area contributed by atoms with Crippen LogP contribution in [0, 0.1) is 0 Å². The summed E-state index contributed by atoms with van der Waals surface area (Å²) in [5.74, 6) is -0.240. The average Bonchev–Trinajstić information content (AvgIpc) is 3.01. The largest absolute Gasteiger partial charge is 0.444 e. The Morgan fingerprint density at radius 3 is 1.80 bits per heavy atom. The molecule has 4 rings (SSSR count). The SMILES string of the molecule is CC(C)(C)OC(=O)NC(=Nc1ccc(CC(=O)NCC2(Nc3ccccc3)CCN(Cc3ccccc3)CC2)cc1)NC(=O)OC(C)(C)C. The number of likely N-dealkylation sites (tertiary alicyclic amines) is 1. The summed E-state index contributed by atoms with van der Waals surface area (Å²) >= 11 is 0. The van der Waals surface area contributed by atoms with Crippen molar-refractivity contribution in [1.82, 2.24) is 20.9 Å². The molecule has 0 atom stereocenters. The van der Waals surface area contributed by atoms with Crippen LogP contribution in [0.3, 0.4) is 0 Å². The molecule has 0 radical (unpaired) electrons. The van der Waals surface area contributed by atoms with Gasteiger partial charge in [0.05, 0.1) is 17.6 Å². The van der Waals surface area contributed by atoms with Crippen molar-refractivity contribution < 1.29 is 23.9 Å². The van der Waals surface area contributed by atoms with Gasteiger partial charge in [0.2, 0.25) is 11.9 Å². The van der Waals surface area contributed by atoms with Gasteiger partial charge in [-0.25, -0.2) is 14.6 Å². The average molecular weight is 671 g/mol. The summed E-state index contributed by atoms with van der Waals surface area (Å²) in [6.45, 7) is 13.6. The van der Waals surface area contributed by atoms with Crippen LogP contribution in [0.5, 0.6) is 0 Å². The molecule has 49 heavy (non-hydrogen) atoms. The number of alkyl carbamates (subject to hydrolysis) is 2. The van der Waals surface area contributed by atoms with Gasteiger partial charge in [-0.15, -0.1) is 0 Å². The van der Waals surface area contributed by atoms with E-state index in [-0.39, 0.29) is 23.8 Å². The Bertz CT molecular complexity index is 1520. The van der Waals surface area contributed by atoms with Crippen LogP contribution in [-0.2, 0) is 27.2 Å². The third kappa shape index (κ3) is 13.3. The van der Waals surface area contributed by atoms with Crippen molar-refractivity contribution in [3.05, 3.63) is 96.1 Å². The maximum absolute atomic E-state index is 13.2. The minimum absolute atomic E-state index is 0.0870. The highest BCUT2D eigenvalue weighted by molar-refractivity contribution is 6.02. The van der Waals surface area contributed by atoms with Crippen molar-refractivity contribution in [1.29, 1.82) is 0 Å². The Morgan fingerprint density at radius 1 is 0.735 bits per heavy atom. The molecular weight excluding hydrogens is 620 g/mol. The smallest absolute Gasteiger partial charge is 0.414 e. The molecule has 0 aromatic heterocycles. The number of rotatable bonds is 9. The van der Waals surface area contributed by atoms with Gasteiger partial charge in [-0.05, 0) is 89.8 Å². The lowest BCUT2D eigenvalue weighted by molar-refractivity contribution is -0.120. The molecule has 0 unspecified atom stereocenters. The normalized spacial score (nSPS) is 14.6. The van der Waals surface area contributed by atoms with Crippen molar-refractivity contribution in [2.75, 3.05) is 25.0 Å². The Hall–Kier alpha value is -4.90. The van der Waals surface area contributed by atoms with E-state index in [9.17, 15) is 14.4 Å². The first-order valence-corrected chi connectivity index (χ1v) is 16.7. The molecule has 1 aliphatic rings. The molecule has 1 fully saturated rings. The van der Waals surface area contributed by atoms with Gasteiger partial charge in [-0.2, -0.15) is 0 Å². The number of hydrogen-bond acceptors (Lipinski definition) is 8. The van der Waals surface area contributed by atoms with E-state index in [1.54, 1.807) is 65.8 Å². The van der Waals surface area contributed by atoms with Crippen molar-refractivity contribution in [2.24, 2.45) is 4.99 Å². The van der Waals surface area contributed by atoms with Crippen LogP contribution in [0.4, 0.5) is 21.0 Å². The number of carbonyl (C=O) groups excluding carboxylic acids is 3. The van der Waals surface area contributed by atoms with Gasteiger partial charge in [0.1, 0.15) is 11.2 Å². The first kappa shape index (κ1) is 36.9. The Kier molecular flexibility index (Phi) is 12.4. The van der Waals surface area contributed by atoms with Crippen LogP contribution in [0.2, 0.25) is 0 Å². The quantitative estimate of drug-likeness (QED) is 0.150. The van der Waals surface area contributed by atoms with E-state index in [0.717, 1.165) is 43.7 Å². The minimum atomic E-state index is -0.781. The Morgan fingerprint density at radius 2 is 1.27 bits per heavy atom. The van der Waals surface area contributed by atoms with Crippen LogP contribution in [-0.4, -0.2) is 65.3 Å². The summed E-state index contributed by atoms with van der Waals surface area (Å²) in [6, 6.07) is 27.6. The molecule has 3 aromatic carbocycles. The fourth-order valence-electron chi connectivity index (χ4n) is 5.38. The number of para-hydroxylation sites is 1. The van der Waals surface area contributed by atoms with E-state index in [1.165, 1.54) is 5.56 Å². The van der Waals surface area contributed by atoms with E-state index in [0.29, 0.717) is 12.2 Å². The van der Waals surface area contributed by atoms with Gasteiger partial charge in [0.15, 0.2) is 0 Å². The summed E-state index contributed by atoms with van der Waals surface area (Å²) in [6.07, 6.45) is 0.399. The summed E-state index contributed by atoms with van der Waals surface area (Å²) < 4.78 is 10.6. The molecule has 1 saturated heterocycles. The third-order valence-electron chi connectivity index (χ3n) is 7.65. The second-order valence-corrected chi connectivity index (χ2v) is 14.4. The predicted molar refractivity (Wildman–Crippen MR) is 193 cm³/mol. The molecule has 1 aliphatic heterocycles. The van der Waals surface area contributed by atoms with Gasteiger partial charge >= 0.3 is 12.2 Å². The molecule has 0 bridgehead atoms. The number of benzene rings is 3. The Balaban J connectivity index is 1.38. The lowest BCUT2D eigenvalue weighted by Gasteiger charge is -2.43. The van der Waals surface area contributed by atoms with Crippen LogP contribution < -0.4 is 21.3 Å². The molecule has 4 N–H and O–H groups in total. The number of guanidine groups is 1. The highest BCUT2D eigenvalue weighted by atomic mass is 16.6. The molecule has 1 heterocycles. The molecule has 11 nitrogen and oxygen atoms in total. The molecule has 11 heteroatoms. The van der Waals surface area contributed by atoms with Crippen LogP contribution in [0.25, 0.3) is 0 Å². The van der Waals surface area contributed by atoms with E-state index in [4.69, 9.17) is 9.47 Å². The number of piperidine rings is 1. The zero-order valence-corrected chi connectivity index (χ0v) is 29.5. The van der Waals surface area contributed by atoms with Crippen molar-refractivity contribution >= 4 is 35.4 Å². The highest BCUT2D eigenvalue weighted by Gasteiger charge is 2.35. The maximum Gasteiger partial charge on any atom is 0.414 e. The number of nitrogens with one attached hydrogen (secondary N) is 4. The third-order valence-corrected chi connectivity index (χ3v) is 7.65. The lowest BCUT2D eigenvalue weighted by Crippen LogP contribution is -2.55. The number of aliphatic imine (C=N–C) groups is 1. The van der Waals surface area contributed by atoms with Gasteiger partial charge in [-0.1, -0.05) is 60.7 Å². The monoisotopic (exact) mass is 670 g/mol. The fourth-order valence-corrected chi connectivity index (χ4v) is 5.38. The van der Waals surface area contributed by atoms with Gasteiger partial charge in [0, 0.05) is 31.9 Å². The standard InChI is InChI=1S/C38H50N6O5/c1-36(2,3)48-34(46)41-33(42-35(47)49-37(4,5)6)40-30-19-17-28(18-20-30)25-32(45)39-27-38(43-31-15-11-8-12-16-31)21-23-44(24-22-38)26-29-13-9-7-10-14-29/h7-20,43H,21-27H2,1-6H3,(H,39,45)(H2,40,41,42,46,47). The van der Waals surface area contributed by atoms with Crippen molar-refractivity contribution in [3.63, 3.8) is 0 Å². The molecule has 0 aliphatic carbocycles. The van der Waals surface area contributed by atoms with E-state index >= 15 is 0 Å². The molecule has 262 valence electrons. The second-order valence-electron chi connectivity index (χ2n) is 14.4. The number of anilines is 1. The summed E-state index contributed by atoms with van der Waals surface area (Å²) in [5, 5.41) is 11.9. The topological polar surface area (TPSA) is 133 Å². The number of nitrogens with zero attached hydrogens (tertiary/aromatic N) is 2. The van der Waals surface area contributed by atoms with Gasteiger partial charge < -0.3 is 20.1 Å². The molecule has 3 aromatic rings. The second kappa shape index (κ2) is 16.5. The molecule has 3 amide bonds. The molecule has 0 spiro atoms. The highest BCUT2D eigenvalue weighted by Crippen LogP contribution is 2.28. The number of amides is 3. The lowest BCUT2D eigenvalue weighted by atomic mass is 9.86. The zero-order valence-electron chi connectivity index (χ0n) is 29.5. The number of hydrogen-bond donors (Lipinski definition) is 4. The Labute approximate surface area is 289 Å². The zero-order chi connectivity index (χ0) is 35.5. The van der Waals surface area contributed by atoms with Crippen LogP contribution >= 0.6 is 0 Å². The first-order valence-electron chi connectivity index (χ1n) is 16.7. The van der Waals surface area contributed by atoms with Crippen LogP contribution in [0.15, 0.2) is 89.9 Å². The maximum atomic E-state index is 13.2. The summed E-state index contributed by atoms with van der Waals surface area (Å²) in [5.41, 5.74) is 1.79. The van der Waals surface area contributed by atoms with Gasteiger partial charge in [0.25, 0.3) is 0 Å². The number of carbonyl (C=O) groups is 3. The predicted octanol–water partition coefficient (Wildman–Crippen LogP) is 6.53. The van der Waals surface area contributed by atoms with E-state index in [2.05, 4.69) is 67.6 Å². The minimum Gasteiger partial charge on any atom is -0.444 e. The summed E-state index contributed by atoms with van der Waals surface area (Å²) in [4.78, 5) is 44.9. The number of ether oxygens (including phenoxy) is 2. The van der Waals surface area contributed by atoms with Gasteiger partial charge in [-0.3, -0.25) is 20.3 Å². The molecular formula is C38H50N6O5. The van der Waals surface area contributed by atoms with E-state index < -0.39 is 23.4 Å². The summed E-state index contributed by atoms with van der Waals surface area (Å²) in [7, 11) is 0. The van der Waals surface area contributed by atoms with E-state index in [1.807, 2.05) is 24.3 Å².